The first kappa shape index (κ1) is 37.3. The average molecular weight is 407 g/mol. The summed E-state index contributed by atoms with van der Waals surface area (Å²) in [6.07, 6.45) is 6.27. The van der Waals surface area contributed by atoms with Gasteiger partial charge in [-0.05, 0) is 31.4 Å². The summed E-state index contributed by atoms with van der Waals surface area (Å²) in [5.74, 6) is -0.655. The molecule has 0 aliphatic heterocycles. The molecule has 0 unspecified atom stereocenters. The van der Waals surface area contributed by atoms with Gasteiger partial charge in [-0.25, -0.2) is 8.78 Å². The van der Waals surface area contributed by atoms with E-state index in [-0.39, 0.29) is 5.75 Å². The van der Waals surface area contributed by atoms with Crippen LogP contribution < -0.4 is 4.74 Å². The lowest BCUT2D eigenvalue weighted by Crippen LogP contribution is -1.94. The van der Waals surface area contributed by atoms with E-state index in [2.05, 4.69) is 25.5 Å². The fourth-order valence-corrected chi connectivity index (χ4v) is 1.95. The van der Waals surface area contributed by atoms with Crippen LogP contribution in [0.4, 0.5) is 8.78 Å². The summed E-state index contributed by atoms with van der Waals surface area (Å²) in [6, 6.07) is 2.55. The van der Waals surface area contributed by atoms with E-state index < -0.39 is 11.6 Å². The number of carbonyl (C=O) groups is 1. The Hall–Kier alpha value is -1.45. The molecule has 1 aromatic rings. The van der Waals surface area contributed by atoms with Crippen LogP contribution in [-0.4, -0.2) is 13.4 Å². The quantitative estimate of drug-likeness (QED) is 0.457. The van der Waals surface area contributed by atoms with Crippen molar-refractivity contribution in [3.05, 3.63) is 29.3 Å². The van der Waals surface area contributed by atoms with E-state index in [1.54, 1.807) is 6.92 Å². The third-order valence-corrected chi connectivity index (χ3v) is 3.01. The Morgan fingerprint density at radius 1 is 0.964 bits per heavy atom. The Morgan fingerprint density at radius 3 is 1.57 bits per heavy atom. The maximum atomic E-state index is 12.9. The predicted molar refractivity (Wildman–Crippen MR) is 122 cm³/mol. The fraction of sp³-hybridized carbons (Fsp3) is 0.708. The van der Waals surface area contributed by atoms with Gasteiger partial charge in [-0.15, -0.1) is 0 Å². The summed E-state index contributed by atoms with van der Waals surface area (Å²) in [4.78, 5) is 8.81. The minimum absolute atomic E-state index is 0.315. The van der Waals surface area contributed by atoms with E-state index >= 15 is 0 Å². The van der Waals surface area contributed by atoms with Gasteiger partial charge in [0.25, 0.3) is 0 Å². The van der Waals surface area contributed by atoms with E-state index in [4.69, 9.17) is 4.79 Å². The zero-order valence-corrected chi connectivity index (χ0v) is 20.7. The maximum absolute atomic E-state index is 12.9. The summed E-state index contributed by atoms with van der Waals surface area (Å²) in [5.41, 5.74) is 0.378. The highest BCUT2D eigenvalue weighted by Gasteiger charge is 2.10. The van der Waals surface area contributed by atoms with Crippen LogP contribution in [0.15, 0.2) is 12.1 Å². The van der Waals surface area contributed by atoms with Crippen LogP contribution in [0.2, 0.25) is 0 Å². The lowest BCUT2D eigenvalue weighted by molar-refractivity contribution is -0.106. The Bertz CT molecular complexity index is 402. The molecule has 0 saturated heterocycles. The molecule has 0 amide bonds. The molecule has 0 radical (unpaired) electrons. The zero-order valence-electron chi connectivity index (χ0n) is 20.7. The molecule has 0 atom stereocenters. The number of carbonyl (C=O) groups excluding carboxylic acids is 1. The third kappa shape index (κ3) is 24.6. The van der Waals surface area contributed by atoms with Crippen LogP contribution in [0, 0.1) is 24.5 Å². The number of aryl methyl sites for hydroxylation is 1. The SMILES string of the molecule is CC.CC.CC.CC=O.CCCC(C)CCC.COc1c(F)ccc(C)c1F. The van der Waals surface area contributed by atoms with E-state index in [1.165, 1.54) is 51.8 Å². The van der Waals surface area contributed by atoms with Crippen molar-refractivity contribution in [1.82, 2.24) is 0 Å². The van der Waals surface area contributed by atoms with Gasteiger partial charge < -0.3 is 9.53 Å². The summed E-state index contributed by atoms with van der Waals surface area (Å²) in [6.45, 7) is 21.8. The molecule has 4 heteroatoms. The number of benzene rings is 1. The minimum Gasteiger partial charge on any atom is -0.491 e. The molecular formula is C24H48F2O2. The van der Waals surface area contributed by atoms with Crippen molar-refractivity contribution < 1.29 is 18.3 Å². The largest absolute Gasteiger partial charge is 0.491 e. The molecule has 0 N–H and O–H groups in total. The Labute approximate surface area is 175 Å². The van der Waals surface area contributed by atoms with Crippen molar-refractivity contribution in [1.29, 1.82) is 0 Å². The lowest BCUT2D eigenvalue weighted by atomic mass is 10.0. The molecule has 170 valence electrons. The van der Waals surface area contributed by atoms with Gasteiger partial charge in [0.15, 0.2) is 17.4 Å². The molecule has 0 bridgehead atoms. The van der Waals surface area contributed by atoms with Crippen LogP contribution in [0.1, 0.15) is 100 Å². The highest BCUT2D eigenvalue weighted by molar-refractivity contribution is 5.44. The van der Waals surface area contributed by atoms with Gasteiger partial charge in [-0.2, -0.15) is 0 Å². The normalized spacial score (nSPS) is 7.96. The number of ether oxygens (including phenoxy) is 1. The fourth-order valence-electron chi connectivity index (χ4n) is 1.95. The zero-order chi connectivity index (χ0) is 23.5. The van der Waals surface area contributed by atoms with Crippen LogP contribution in [0.5, 0.6) is 5.75 Å². The first-order chi connectivity index (χ1) is 13.4. The van der Waals surface area contributed by atoms with Crippen LogP contribution >= 0.6 is 0 Å². The average Bonchev–Trinajstić information content (AvgIpc) is 2.72. The topological polar surface area (TPSA) is 26.3 Å². The monoisotopic (exact) mass is 406 g/mol. The van der Waals surface area contributed by atoms with Crippen LogP contribution in [-0.2, 0) is 4.79 Å². The summed E-state index contributed by atoms with van der Waals surface area (Å²) in [7, 11) is 1.24. The standard InChI is InChI=1S/C8H8F2O.C8H18.C2H4O.3C2H6/c1-5-3-4-6(9)8(11-2)7(5)10;1-4-6-8(3)7-5-2;1-2-3;3*1-2/h3-4H,1-2H3;8H,4-7H2,1-3H3;2H,1H3;3*1-2H3. The summed E-state index contributed by atoms with van der Waals surface area (Å²) >= 11 is 0. The van der Waals surface area contributed by atoms with Gasteiger partial charge in [-0.3, -0.25) is 0 Å². The molecule has 0 saturated carbocycles. The van der Waals surface area contributed by atoms with E-state index in [0.29, 0.717) is 5.56 Å². The summed E-state index contributed by atoms with van der Waals surface area (Å²) in [5, 5.41) is 0. The van der Waals surface area contributed by atoms with Crippen molar-refractivity contribution in [2.75, 3.05) is 7.11 Å². The van der Waals surface area contributed by atoms with E-state index in [1.807, 2.05) is 41.5 Å². The van der Waals surface area contributed by atoms with Gasteiger partial charge in [0.1, 0.15) is 6.29 Å². The highest BCUT2D eigenvalue weighted by Crippen LogP contribution is 2.23. The summed E-state index contributed by atoms with van der Waals surface area (Å²) < 4.78 is 30.1. The Balaban J connectivity index is -0.0000000914. The van der Waals surface area contributed by atoms with Crippen molar-refractivity contribution >= 4 is 6.29 Å². The molecule has 0 fully saturated rings. The Morgan fingerprint density at radius 2 is 1.32 bits per heavy atom. The van der Waals surface area contributed by atoms with Crippen molar-refractivity contribution in [3.8, 4) is 5.75 Å². The first-order valence-corrected chi connectivity index (χ1v) is 10.8. The van der Waals surface area contributed by atoms with Crippen molar-refractivity contribution in [2.24, 2.45) is 5.92 Å². The number of methoxy groups -OCH3 is 1. The maximum Gasteiger partial charge on any atom is 0.190 e. The molecule has 0 heterocycles. The number of hydrogen-bond donors (Lipinski definition) is 0. The minimum atomic E-state index is -0.671. The van der Waals surface area contributed by atoms with Crippen LogP contribution in [0.25, 0.3) is 0 Å². The smallest absolute Gasteiger partial charge is 0.190 e. The third-order valence-electron chi connectivity index (χ3n) is 3.01. The molecule has 0 aromatic heterocycles. The molecule has 1 rings (SSSR count). The molecule has 0 aliphatic rings. The number of hydrogen-bond acceptors (Lipinski definition) is 2. The van der Waals surface area contributed by atoms with Gasteiger partial charge in [0, 0.05) is 0 Å². The number of rotatable bonds is 5. The molecule has 28 heavy (non-hydrogen) atoms. The molecule has 0 spiro atoms. The molecular weight excluding hydrogens is 358 g/mol. The lowest BCUT2D eigenvalue weighted by Gasteiger charge is -2.05. The van der Waals surface area contributed by atoms with E-state index in [9.17, 15) is 8.78 Å². The Kier molecular flexibility index (Phi) is 44.2. The predicted octanol–water partition coefficient (Wildman–Crippen LogP) is 8.79. The van der Waals surface area contributed by atoms with Gasteiger partial charge >= 0.3 is 0 Å². The van der Waals surface area contributed by atoms with Gasteiger partial charge in [0.2, 0.25) is 0 Å². The highest BCUT2D eigenvalue weighted by atomic mass is 19.1. The molecule has 0 aliphatic carbocycles. The van der Waals surface area contributed by atoms with Crippen molar-refractivity contribution in [2.45, 2.75) is 102 Å². The van der Waals surface area contributed by atoms with E-state index in [0.717, 1.165) is 12.2 Å². The molecule has 2 nitrogen and oxygen atoms in total. The second kappa shape index (κ2) is 33.2. The van der Waals surface area contributed by atoms with Crippen LogP contribution in [0.3, 0.4) is 0 Å². The second-order valence-electron chi connectivity index (χ2n) is 5.13. The van der Waals surface area contributed by atoms with Gasteiger partial charge in [0.05, 0.1) is 7.11 Å². The number of halogens is 2. The van der Waals surface area contributed by atoms with Crippen molar-refractivity contribution in [3.63, 3.8) is 0 Å². The van der Waals surface area contributed by atoms with Gasteiger partial charge in [-0.1, -0.05) is 94.1 Å². The first-order valence-electron chi connectivity index (χ1n) is 10.8. The second-order valence-corrected chi connectivity index (χ2v) is 5.13. The molecule has 1 aromatic carbocycles. The number of aldehydes is 1.